The fraction of sp³-hybridized carbons (Fsp3) is 0.222. The van der Waals surface area contributed by atoms with Gasteiger partial charge in [0.25, 0.3) is 0 Å². The van der Waals surface area contributed by atoms with Gasteiger partial charge in [0.1, 0.15) is 0 Å². The first-order valence-electron chi connectivity index (χ1n) is 4.06. The van der Waals surface area contributed by atoms with E-state index in [2.05, 4.69) is 5.10 Å². The molecule has 0 radical (unpaired) electrons. The van der Waals surface area contributed by atoms with Gasteiger partial charge in [-0.1, -0.05) is 13.8 Å². The molecule has 0 bridgehead atoms. The number of nitrogen functional groups attached to an aromatic ring is 1. The van der Waals surface area contributed by atoms with Crippen LogP contribution in [0.25, 0.3) is 5.52 Å². The zero-order chi connectivity index (χ0) is 8.97. The summed E-state index contributed by atoms with van der Waals surface area (Å²) in [5, 5.41) is 4.02. The van der Waals surface area contributed by atoms with Crippen molar-refractivity contribution in [1.29, 1.82) is 0 Å². The highest BCUT2D eigenvalue weighted by atomic mass is 15.2. The average Bonchev–Trinajstić information content (AvgIpc) is 2.57. The summed E-state index contributed by atoms with van der Waals surface area (Å²) in [7, 11) is 0. The van der Waals surface area contributed by atoms with E-state index in [-0.39, 0.29) is 0 Å². The first-order chi connectivity index (χ1) is 5.88. The van der Waals surface area contributed by atoms with Crippen LogP contribution in [-0.4, -0.2) is 9.61 Å². The molecule has 0 amide bonds. The smallest absolute Gasteiger partial charge is 0.0890 e. The fourth-order valence-electron chi connectivity index (χ4n) is 0.975. The highest BCUT2D eigenvalue weighted by Crippen LogP contribution is 2.10. The van der Waals surface area contributed by atoms with E-state index < -0.39 is 0 Å². The molecule has 0 fully saturated rings. The summed E-state index contributed by atoms with van der Waals surface area (Å²) < 4.78 is 1.75. The van der Waals surface area contributed by atoms with Gasteiger partial charge in [-0.3, -0.25) is 0 Å². The SMILES string of the molecule is CC.Nc1cccn2nccc12. The van der Waals surface area contributed by atoms with Crippen molar-refractivity contribution in [3.8, 4) is 0 Å². The Hall–Kier alpha value is -1.51. The molecule has 0 saturated carbocycles. The Bertz CT molecular complexity index is 351. The van der Waals surface area contributed by atoms with Crippen molar-refractivity contribution in [2.24, 2.45) is 0 Å². The molecule has 0 aliphatic heterocycles. The van der Waals surface area contributed by atoms with Crippen molar-refractivity contribution in [3.05, 3.63) is 30.6 Å². The highest BCUT2D eigenvalue weighted by molar-refractivity contribution is 5.68. The van der Waals surface area contributed by atoms with Crippen LogP contribution < -0.4 is 5.73 Å². The lowest BCUT2D eigenvalue weighted by atomic mass is 10.3. The van der Waals surface area contributed by atoms with Gasteiger partial charge in [-0.05, 0) is 18.2 Å². The molecule has 0 atom stereocenters. The van der Waals surface area contributed by atoms with Gasteiger partial charge in [-0.2, -0.15) is 5.10 Å². The van der Waals surface area contributed by atoms with Crippen molar-refractivity contribution < 1.29 is 0 Å². The molecule has 2 heterocycles. The number of pyridine rings is 1. The molecule has 0 aliphatic carbocycles. The average molecular weight is 163 g/mol. The number of nitrogens with zero attached hydrogens (tertiary/aromatic N) is 2. The Morgan fingerprint density at radius 3 is 2.75 bits per heavy atom. The fourth-order valence-corrected chi connectivity index (χ4v) is 0.975. The lowest BCUT2D eigenvalue weighted by Gasteiger charge is -1.94. The third kappa shape index (κ3) is 1.39. The predicted octanol–water partition coefficient (Wildman–Crippen LogP) is 1.94. The van der Waals surface area contributed by atoms with Gasteiger partial charge in [0, 0.05) is 6.20 Å². The molecule has 0 aliphatic rings. The highest BCUT2D eigenvalue weighted by Gasteiger charge is 1.93. The lowest BCUT2D eigenvalue weighted by Crippen LogP contribution is -1.90. The van der Waals surface area contributed by atoms with Crippen LogP contribution in [0, 0.1) is 0 Å². The van der Waals surface area contributed by atoms with Crippen LogP contribution in [-0.2, 0) is 0 Å². The molecular weight excluding hydrogens is 150 g/mol. The predicted molar refractivity (Wildman–Crippen MR) is 51.0 cm³/mol. The standard InChI is InChI=1S/C7H7N3.C2H6/c8-6-2-1-5-10-7(6)3-4-9-10;1-2/h1-5H,8H2;1-2H3. The van der Waals surface area contributed by atoms with Gasteiger partial charge in [-0.25, -0.2) is 4.52 Å². The van der Waals surface area contributed by atoms with Gasteiger partial charge >= 0.3 is 0 Å². The van der Waals surface area contributed by atoms with Gasteiger partial charge in [0.2, 0.25) is 0 Å². The van der Waals surface area contributed by atoms with Crippen LogP contribution in [0.1, 0.15) is 13.8 Å². The van der Waals surface area contributed by atoms with Crippen LogP contribution in [0.15, 0.2) is 30.6 Å². The number of fused-ring (bicyclic) bond motifs is 1. The molecule has 3 nitrogen and oxygen atoms in total. The van der Waals surface area contributed by atoms with Crippen molar-refractivity contribution >= 4 is 11.2 Å². The van der Waals surface area contributed by atoms with Gasteiger partial charge in [0.05, 0.1) is 17.4 Å². The zero-order valence-electron chi connectivity index (χ0n) is 7.36. The van der Waals surface area contributed by atoms with Crippen molar-refractivity contribution in [2.45, 2.75) is 13.8 Å². The van der Waals surface area contributed by atoms with Crippen molar-refractivity contribution in [2.75, 3.05) is 5.73 Å². The molecule has 0 aromatic carbocycles. The maximum atomic E-state index is 5.64. The quantitative estimate of drug-likeness (QED) is 0.645. The molecule has 2 aromatic rings. The number of rotatable bonds is 0. The van der Waals surface area contributed by atoms with Crippen LogP contribution >= 0.6 is 0 Å². The van der Waals surface area contributed by atoms with E-state index in [1.54, 1.807) is 10.7 Å². The van der Waals surface area contributed by atoms with Gasteiger partial charge in [0.15, 0.2) is 0 Å². The Morgan fingerprint density at radius 2 is 2.08 bits per heavy atom. The summed E-state index contributed by atoms with van der Waals surface area (Å²) in [6.45, 7) is 4.00. The van der Waals surface area contributed by atoms with E-state index in [1.165, 1.54) is 0 Å². The second kappa shape index (κ2) is 3.76. The summed E-state index contributed by atoms with van der Waals surface area (Å²) >= 11 is 0. The molecule has 0 saturated heterocycles. The molecule has 2 aromatic heterocycles. The van der Waals surface area contributed by atoms with E-state index in [9.17, 15) is 0 Å². The van der Waals surface area contributed by atoms with Crippen LogP contribution in [0.3, 0.4) is 0 Å². The molecule has 64 valence electrons. The maximum absolute atomic E-state index is 5.64. The normalized spacial score (nSPS) is 9.17. The molecule has 2 rings (SSSR count). The molecular formula is C9H13N3. The Morgan fingerprint density at radius 1 is 1.33 bits per heavy atom. The maximum Gasteiger partial charge on any atom is 0.0890 e. The minimum atomic E-state index is 0.764. The van der Waals surface area contributed by atoms with Crippen LogP contribution in [0.5, 0.6) is 0 Å². The van der Waals surface area contributed by atoms with Crippen molar-refractivity contribution in [3.63, 3.8) is 0 Å². The Labute approximate surface area is 71.8 Å². The van der Waals surface area contributed by atoms with E-state index in [1.807, 2.05) is 38.2 Å². The Balaban J connectivity index is 0.000000336. The largest absolute Gasteiger partial charge is 0.397 e. The first kappa shape index (κ1) is 8.59. The van der Waals surface area contributed by atoms with Gasteiger partial charge in [-0.15, -0.1) is 0 Å². The second-order valence-corrected chi connectivity index (χ2v) is 2.12. The topological polar surface area (TPSA) is 43.3 Å². The minimum Gasteiger partial charge on any atom is -0.397 e. The molecule has 3 heteroatoms. The number of hydrogen-bond donors (Lipinski definition) is 1. The summed E-state index contributed by atoms with van der Waals surface area (Å²) in [4.78, 5) is 0. The third-order valence-corrected chi connectivity index (χ3v) is 1.47. The second-order valence-electron chi connectivity index (χ2n) is 2.12. The summed E-state index contributed by atoms with van der Waals surface area (Å²) in [5.74, 6) is 0. The molecule has 2 N–H and O–H groups in total. The van der Waals surface area contributed by atoms with Crippen LogP contribution in [0.2, 0.25) is 0 Å². The minimum absolute atomic E-state index is 0.764. The molecule has 12 heavy (non-hydrogen) atoms. The number of nitrogens with two attached hydrogens (primary N) is 1. The molecule has 0 unspecified atom stereocenters. The molecule has 0 spiro atoms. The first-order valence-corrected chi connectivity index (χ1v) is 4.06. The number of hydrogen-bond acceptors (Lipinski definition) is 2. The Kier molecular flexibility index (Phi) is 2.69. The summed E-state index contributed by atoms with van der Waals surface area (Å²) in [6.07, 6.45) is 3.59. The third-order valence-electron chi connectivity index (χ3n) is 1.47. The van der Waals surface area contributed by atoms with Gasteiger partial charge < -0.3 is 5.73 Å². The van der Waals surface area contributed by atoms with Crippen LogP contribution in [0.4, 0.5) is 5.69 Å². The summed E-state index contributed by atoms with van der Waals surface area (Å²) in [5.41, 5.74) is 7.36. The number of aromatic nitrogens is 2. The van der Waals surface area contributed by atoms with E-state index >= 15 is 0 Å². The number of anilines is 1. The van der Waals surface area contributed by atoms with E-state index in [0.29, 0.717) is 0 Å². The lowest BCUT2D eigenvalue weighted by molar-refractivity contribution is 0.962. The zero-order valence-corrected chi connectivity index (χ0v) is 7.36. The van der Waals surface area contributed by atoms with E-state index in [0.717, 1.165) is 11.2 Å². The van der Waals surface area contributed by atoms with E-state index in [4.69, 9.17) is 5.73 Å². The summed E-state index contributed by atoms with van der Waals surface area (Å²) in [6, 6.07) is 5.61. The van der Waals surface area contributed by atoms with Crippen molar-refractivity contribution in [1.82, 2.24) is 9.61 Å². The monoisotopic (exact) mass is 163 g/mol.